The van der Waals surface area contributed by atoms with Gasteiger partial charge in [0.2, 0.25) is 0 Å². The van der Waals surface area contributed by atoms with Crippen molar-refractivity contribution in [3.05, 3.63) is 17.8 Å². The van der Waals surface area contributed by atoms with Gasteiger partial charge in [-0.15, -0.1) is 13.2 Å². The van der Waals surface area contributed by atoms with Gasteiger partial charge in [-0.05, 0) is 0 Å². The van der Waals surface area contributed by atoms with Gasteiger partial charge in [0.15, 0.2) is 10.8 Å². The van der Waals surface area contributed by atoms with Crippen molar-refractivity contribution < 1.29 is 26.3 Å². The first-order chi connectivity index (χ1) is 7.63. The minimum absolute atomic E-state index is 0.432. The van der Waals surface area contributed by atoms with E-state index in [2.05, 4.69) is 14.9 Å². The van der Waals surface area contributed by atoms with Crippen molar-refractivity contribution in [1.82, 2.24) is 4.98 Å². The Hall–Kier alpha value is -1.86. The Kier molecular flexibility index (Phi) is 3.25. The van der Waals surface area contributed by atoms with Gasteiger partial charge in [0.1, 0.15) is 11.6 Å². The molecule has 0 aliphatic carbocycles. The van der Waals surface area contributed by atoms with Gasteiger partial charge < -0.3 is 4.74 Å². The van der Waals surface area contributed by atoms with Crippen LogP contribution in [0.3, 0.4) is 0 Å². The molecule has 0 radical (unpaired) electrons. The SMILES string of the molecule is N#Cc1cnc(S(N)(=O)=O)cc1OC(F)(F)F. The van der Waals surface area contributed by atoms with Gasteiger partial charge in [-0.2, -0.15) is 5.26 Å². The minimum Gasteiger partial charge on any atom is -0.404 e. The zero-order valence-electron chi connectivity index (χ0n) is 7.89. The van der Waals surface area contributed by atoms with Crippen LogP contribution >= 0.6 is 0 Å². The van der Waals surface area contributed by atoms with Crippen LogP contribution < -0.4 is 9.88 Å². The van der Waals surface area contributed by atoms with Crippen LogP contribution in [-0.4, -0.2) is 19.8 Å². The molecule has 0 fully saturated rings. The van der Waals surface area contributed by atoms with Gasteiger partial charge in [0.25, 0.3) is 10.0 Å². The second-order valence-corrected chi connectivity index (χ2v) is 4.23. The number of sulfonamides is 1. The smallest absolute Gasteiger partial charge is 0.404 e. The molecule has 1 heterocycles. The van der Waals surface area contributed by atoms with Crippen molar-refractivity contribution in [2.75, 3.05) is 0 Å². The van der Waals surface area contributed by atoms with Gasteiger partial charge in [-0.1, -0.05) is 0 Å². The highest BCUT2D eigenvalue weighted by atomic mass is 32.2. The molecule has 6 nitrogen and oxygen atoms in total. The molecule has 1 aromatic heterocycles. The Morgan fingerprint density at radius 1 is 1.47 bits per heavy atom. The van der Waals surface area contributed by atoms with E-state index in [9.17, 15) is 21.6 Å². The van der Waals surface area contributed by atoms with E-state index in [0.29, 0.717) is 12.3 Å². The number of hydrogen-bond acceptors (Lipinski definition) is 5. The van der Waals surface area contributed by atoms with Gasteiger partial charge >= 0.3 is 6.36 Å². The number of alkyl halides is 3. The summed E-state index contributed by atoms with van der Waals surface area (Å²) in [5.74, 6) is -0.973. The number of aromatic nitrogens is 1. The number of nitriles is 1. The minimum atomic E-state index is -5.05. The molecule has 0 aliphatic rings. The van der Waals surface area contributed by atoms with E-state index in [1.807, 2.05) is 0 Å². The average Bonchev–Trinajstić information content (AvgIpc) is 2.13. The number of nitrogens with two attached hydrogens (primary N) is 1. The number of ether oxygens (including phenoxy) is 1. The second-order valence-electron chi connectivity index (χ2n) is 2.72. The van der Waals surface area contributed by atoms with E-state index in [4.69, 9.17) is 5.26 Å². The van der Waals surface area contributed by atoms with Crippen LogP contribution in [-0.2, 0) is 10.0 Å². The zero-order valence-corrected chi connectivity index (χ0v) is 8.71. The summed E-state index contributed by atoms with van der Waals surface area (Å²) in [5, 5.41) is 12.3. The van der Waals surface area contributed by atoms with Crippen LogP contribution in [0.15, 0.2) is 17.3 Å². The molecule has 1 aromatic rings. The molecule has 0 spiro atoms. The molecular weight excluding hydrogens is 263 g/mol. The number of pyridine rings is 1. The Labute approximate surface area is 93.5 Å². The molecule has 0 amide bonds. The van der Waals surface area contributed by atoms with E-state index >= 15 is 0 Å². The summed E-state index contributed by atoms with van der Waals surface area (Å²) in [6, 6.07) is 1.81. The summed E-state index contributed by atoms with van der Waals surface area (Å²) >= 11 is 0. The normalized spacial score (nSPS) is 11.9. The van der Waals surface area contributed by atoms with E-state index < -0.39 is 32.7 Å². The predicted molar refractivity (Wildman–Crippen MR) is 47.0 cm³/mol. The average molecular weight is 267 g/mol. The second kappa shape index (κ2) is 4.19. The van der Waals surface area contributed by atoms with Crippen molar-refractivity contribution >= 4 is 10.0 Å². The Balaban J connectivity index is 3.32. The lowest BCUT2D eigenvalue weighted by atomic mass is 10.3. The quantitative estimate of drug-likeness (QED) is 0.839. The number of halogens is 3. The van der Waals surface area contributed by atoms with Crippen LogP contribution in [0.4, 0.5) is 13.2 Å². The number of rotatable bonds is 2. The molecule has 1 rings (SSSR count). The largest absolute Gasteiger partial charge is 0.573 e. The molecule has 0 saturated heterocycles. The number of nitrogens with zero attached hydrogens (tertiary/aromatic N) is 2. The zero-order chi connectivity index (χ0) is 13.3. The highest BCUT2D eigenvalue weighted by Crippen LogP contribution is 2.26. The lowest BCUT2D eigenvalue weighted by Crippen LogP contribution is -2.19. The summed E-state index contributed by atoms with van der Waals surface area (Å²) in [7, 11) is -4.27. The Bertz CT molecular complexity index is 576. The monoisotopic (exact) mass is 267 g/mol. The standard InChI is InChI=1S/C7H4F3N3O3S/c8-7(9,10)16-5-1-6(17(12,14)15)13-3-4(5)2-11/h1,3H,(H2,12,14,15). The molecular formula is C7H4F3N3O3S. The molecule has 10 heteroatoms. The van der Waals surface area contributed by atoms with E-state index in [1.54, 1.807) is 0 Å². The lowest BCUT2D eigenvalue weighted by Gasteiger charge is -2.10. The van der Waals surface area contributed by atoms with Crippen molar-refractivity contribution in [1.29, 1.82) is 5.26 Å². The van der Waals surface area contributed by atoms with Crippen molar-refractivity contribution in [2.24, 2.45) is 5.14 Å². The Morgan fingerprint density at radius 3 is 2.47 bits per heavy atom. The molecule has 2 N–H and O–H groups in total. The molecule has 0 aromatic carbocycles. The van der Waals surface area contributed by atoms with E-state index in [1.165, 1.54) is 6.07 Å². The first-order valence-electron chi connectivity index (χ1n) is 3.82. The van der Waals surface area contributed by atoms with Gasteiger partial charge in [0, 0.05) is 6.07 Å². The van der Waals surface area contributed by atoms with Crippen molar-refractivity contribution in [3.63, 3.8) is 0 Å². The molecule has 17 heavy (non-hydrogen) atoms. The third-order valence-electron chi connectivity index (χ3n) is 1.48. The van der Waals surface area contributed by atoms with Crippen LogP contribution in [0.5, 0.6) is 5.75 Å². The molecule has 0 unspecified atom stereocenters. The highest BCUT2D eigenvalue weighted by Gasteiger charge is 2.33. The Morgan fingerprint density at radius 2 is 2.06 bits per heavy atom. The van der Waals surface area contributed by atoms with Gasteiger partial charge in [-0.3, -0.25) is 0 Å². The first-order valence-corrected chi connectivity index (χ1v) is 5.37. The third-order valence-corrected chi connectivity index (χ3v) is 2.28. The highest BCUT2D eigenvalue weighted by molar-refractivity contribution is 7.89. The molecule has 0 atom stereocenters. The van der Waals surface area contributed by atoms with Gasteiger partial charge in [0.05, 0.1) is 6.20 Å². The topological polar surface area (TPSA) is 106 Å². The predicted octanol–water partition coefficient (Wildman–Crippen LogP) is 0.499. The fourth-order valence-corrected chi connectivity index (χ4v) is 1.34. The van der Waals surface area contributed by atoms with Crippen molar-refractivity contribution in [3.8, 4) is 11.8 Å². The summed E-state index contributed by atoms with van der Waals surface area (Å²) in [6.45, 7) is 0. The number of primary sulfonamides is 1. The molecule has 0 saturated carbocycles. The van der Waals surface area contributed by atoms with Crippen LogP contribution in [0.2, 0.25) is 0 Å². The summed E-state index contributed by atoms with van der Waals surface area (Å²) in [5.41, 5.74) is -0.560. The molecule has 0 bridgehead atoms. The maximum atomic E-state index is 12.0. The molecule has 92 valence electrons. The maximum absolute atomic E-state index is 12.0. The molecule has 0 aliphatic heterocycles. The van der Waals surface area contributed by atoms with Crippen molar-refractivity contribution in [2.45, 2.75) is 11.4 Å². The maximum Gasteiger partial charge on any atom is 0.573 e. The number of hydrogen-bond donors (Lipinski definition) is 1. The lowest BCUT2D eigenvalue weighted by molar-refractivity contribution is -0.274. The van der Waals surface area contributed by atoms with E-state index in [-0.39, 0.29) is 0 Å². The fourth-order valence-electron chi connectivity index (χ4n) is 0.868. The van der Waals surface area contributed by atoms with Gasteiger partial charge in [-0.25, -0.2) is 18.5 Å². The summed E-state index contributed by atoms with van der Waals surface area (Å²) in [4.78, 5) is 3.23. The van der Waals surface area contributed by atoms with Crippen LogP contribution in [0, 0.1) is 11.3 Å². The third kappa shape index (κ3) is 3.58. The summed E-state index contributed by atoms with van der Waals surface area (Å²) < 4.78 is 61.0. The van der Waals surface area contributed by atoms with E-state index in [0.717, 1.165) is 0 Å². The fraction of sp³-hybridized carbons (Fsp3) is 0.143. The van der Waals surface area contributed by atoms with Crippen LogP contribution in [0.1, 0.15) is 5.56 Å². The first kappa shape index (κ1) is 13.2. The van der Waals surface area contributed by atoms with Crippen LogP contribution in [0.25, 0.3) is 0 Å². The summed E-state index contributed by atoms with van der Waals surface area (Å²) in [6.07, 6.45) is -4.43.